The highest BCUT2D eigenvalue weighted by Gasteiger charge is 2.22. The van der Waals surface area contributed by atoms with E-state index in [0.717, 1.165) is 26.1 Å². The van der Waals surface area contributed by atoms with E-state index in [1.807, 2.05) is 0 Å². The van der Waals surface area contributed by atoms with E-state index in [-0.39, 0.29) is 5.91 Å². The topological polar surface area (TPSA) is 59.6 Å². The van der Waals surface area contributed by atoms with Crippen LogP contribution in [0.1, 0.15) is 12.8 Å². The molecule has 2 saturated heterocycles. The van der Waals surface area contributed by atoms with Gasteiger partial charge in [0, 0.05) is 6.54 Å². The van der Waals surface area contributed by atoms with Crippen molar-refractivity contribution in [1.29, 1.82) is 0 Å². The van der Waals surface area contributed by atoms with Gasteiger partial charge in [-0.25, -0.2) is 0 Å². The van der Waals surface area contributed by atoms with Crippen molar-refractivity contribution in [3.63, 3.8) is 0 Å². The number of rotatable bonds is 4. The second-order valence-electron chi connectivity index (χ2n) is 4.37. The molecule has 2 rings (SSSR count). The molecule has 2 heterocycles. The summed E-state index contributed by atoms with van der Waals surface area (Å²) in [6.07, 6.45) is 1.86. The van der Waals surface area contributed by atoms with Crippen LogP contribution < -0.4 is 10.6 Å². The number of carbonyl (C=O) groups excluding carboxylic acids is 1. The van der Waals surface area contributed by atoms with Crippen LogP contribution in [0.25, 0.3) is 0 Å². The van der Waals surface area contributed by atoms with E-state index in [2.05, 4.69) is 10.6 Å². The Labute approximate surface area is 95.9 Å². The largest absolute Gasteiger partial charge is 0.376 e. The average molecular weight is 228 g/mol. The first-order chi connectivity index (χ1) is 7.86. The lowest BCUT2D eigenvalue weighted by Crippen LogP contribution is -2.43. The Hall–Kier alpha value is -0.650. The van der Waals surface area contributed by atoms with Gasteiger partial charge in [-0.3, -0.25) is 4.79 Å². The Balaban J connectivity index is 1.59. The van der Waals surface area contributed by atoms with Crippen LogP contribution >= 0.6 is 0 Å². The molecule has 0 radical (unpaired) electrons. The lowest BCUT2D eigenvalue weighted by Gasteiger charge is -2.22. The molecular weight excluding hydrogens is 208 g/mol. The molecule has 0 aromatic heterocycles. The van der Waals surface area contributed by atoms with Gasteiger partial charge in [0.05, 0.1) is 19.8 Å². The summed E-state index contributed by atoms with van der Waals surface area (Å²) in [4.78, 5) is 11.6. The van der Waals surface area contributed by atoms with Gasteiger partial charge in [0.25, 0.3) is 5.91 Å². The van der Waals surface area contributed by atoms with Crippen LogP contribution in [-0.4, -0.2) is 51.5 Å². The molecule has 0 bridgehead atoms. The van der Waals surface area contributed by atoms with E-state index in [4.69, 9.17) is 9.47 Å². The Morgan fingerprint density at radius 3 is 3.06 bits per heavy atom. The molecule has 2 unspecified atom stereocenters. The zero-order valence-corrected chi connectivity index (χ0v) is 9.54. The zero-order chi connectivity index (χ0) is 11.2. The minimum Gasteiger partial charge on any atom is -0.376 e. The Morgan fingerprint density at radius 1 is 1.44 bits per heavy atom. The summed E-state index contributed by atoms with van der Waals surface area (Å²) in [7, 11) is 0. The third kappa shape index (κ3) is 3.43. The first-order valence-electron chi connectivity index (χ1n) is 6.04. The lowest BCUT2D eigenvalue weighted by molar-refractivity contribution is -0.147. The lowest BCUT2D eigenvalue weighted by atomic mass is 10.1. The Morgan fingerprint density at radius 2 is 2.38 bits per heavy atom. The molecular formula is C11H20N2O3. The number of ether oxygens (including phenoxy) is 2. The SMILES string of the molecule is O=C(NCCC1CCNC1)C1COCCO1. The molecule has 16 heavy (non-hydrogen) atoms. The van der Waals surface area contributed by atoms with E-state index in [0.29, 0.717) is 25.7 Å². The highest BCUT2D eigenvalue weighted by molar-refractivity contribution is 5.80. The molecule has 5 heteroatoms. The quantitative estimate of drug-likeness (QED) is 0.682. The Bertz CT molecular complexity index is 223. The fraction of sp³-hybridized carbons (Fsp3) is 0.909. The predicted molar refractivity (Wildman–Crippen MR) is 59.2 cm³/mol. The van der Waals surface area contributed by atoms with Gasteiger partial charge in [-0.2, -0.15) is 0 Å². The number of nitrogens with one attached hydrogen (secondary N) is 2. The summed E-state index contributed by atoms with van der Waals surface area (Å²) < 4.78 is 10.5. The van der Waals surface area contributed by atoms with Crippen molar-refractivity contribution in [3.8, 4) is 0 Å². The van der Waals surface area contributed by atoms with Gasteiger partial charge >= 0.3 is 0 Å². The van der Waals surface area contributed by atoms with Gasteiger partial charge in [0.1, 0.15) is 0 Å². The van der Waals surface area contributed by atoms with Gasteiger partial charge in [-0.05, 0) is 31.8 Å². The van der Waals surface area contributed by atoms with Crippen LogP contribution in [0.3, 0.4) is 0 Å². The van der Waals surface area contributed by atoms with Crippen LogP contribution in [-0.2, 0) is 14.3 Å². The molecule has 2 fully saturated rings. The normalized spacial score (nSPS) is 30.2. The molecule has 0 spiro atoms. The van der Waals surface area contributed by atoms with Crippen molar-refractivity contribution in [1.82, 2.24) is 10.6 Å². The second-order valence-corrected chi connectivity index (χ2v) is 4.37. The van der Waals surface area contributed by atoms with Gasteiger partial charge in [0.2, 0.25) is 0 Å². The van der Waals surface area contributed by atoms with E-state index in [1.54, 1.807) is 0 Å². The number of carbonyl (C=O) groups is 1. The van der Waals surface area contributed by atoms with E-state index < -0.39 is 6.10 Å². The minimum atomic E-state index is -0.407. The molecule has 2 aliphatic rings. The number of hydrogen-bond acceptors (Lipinski definition) is 4. The molecule has 92 valence electrons. The van der Waals surface area contributed by atoms with Crippen molar-refractivity contribution < 1.29 is 14.3 Å². The van der Waals surface area contributed by atoms with Crippen molar-refractivity contribution in [3.05, 3.63) is 0 Å². The molecule has 0 aromatic rings. The molecule has 2 atom stereocenters. The zero-order valence-electron chi connectivity index (χ0n) is 9.54. The van der Waals surface area contributed by atoms with E-state index in [9.17, 15) is 4.79 Å². The first kappa shape index (κ1) is 11.8. The van der Waals surface area contributed by atoms with E-state index in [1.165, 1.54) is 6.42 Å². The van der Waals surface area contributed by atoms with Gasteiger partial charge in [-0.1, -0.05) is 0 Å². The molecule has 5 nitrogen and oxygen atoms in total. The summed E-state index contributed by atoms with van der Waals surface area (Å²) in [5, 5.41) is 6.22. The Kier molecular flexibility index (Phi) is 4.56. The van der Waals surface area contributed by atoms with Crippen molar-refractivity contribution in [2.75, 3.05) is 39.5 Å². The maximum atomic E-state index is 11.6. The van der Waals surface area contributed by atoms with Crippen LogP contribution in [0.5, 0.6) is 0 Å². The summed E-state index contributed by atoms with van der Waals surface area (Å²) in [6, 6.07) is 0. The molecule has 0 aromatic carbocycles. The fourth-order valence-corrected chi connectivity index (χ4v) is 2.11. The fourth-order valence-electron chi connectivity index (χ4n) is 2.11. The van der Waals surface area contributed by atoms with Crippen LogP contribution in [0.2, 0.25) is 0 Å². The van der Waals surface area contributed by atoms with Gasteiger partial charge < -0.3 is 20.1 Å². The smallest absolute Gasteiger partial charge is 0.251 e. The van der Waals surface area contributed by atoms with E-state index >= 15 is 0 Å². The summed E-state index contributed by atoms with van der Waals surface area (Å²) >= 11 is 0. The highest BCUT2D eigenvalue weighted by atomic mass is 16.6. The average Bonchev–Trinajstić information content (AvgIpc) is 2.83. The van der Waals surface area contributed by atoms with Gasteiger partial charge in [0.15, 0.2) is 6.10 Å². The van der Waals surface area contributed by atoms with Crippen LogP contribution in [0.4, 0.5) is 0 Å². The third-order valence-electron chi connectivity index (χ3n) is 3.12. The van der Waals surface area contributed by atoms with Crippen molar-refractivity contribution >= 4 is 5.91 Å². The molecule has 2 N–H and O–H groups in total. The van der Waals surface area contributed by atoms with Crippen LogP contribution in [0, 0.1) is 5.92 Å². The standard InChI is InChI=1S/C11H20N2O3/c14-11(10-8-15-5-6-16-10)13-4-2-9-1-3-12-7-9/h9-10,12H,1-8H2,(H,13,14). The summed E-state index contributed by atoms with van der Waals surface area (Å²) in [5.74, 6) is 0.675. The van der Waals surface area contributed by atoms with Crippen molar-refractivity contribution in [2.24, 2.45) is 5.92 Å². The summed E-state index contributed by atoms with van der Waals surface area (Å²) in [6.45, 7) is 4.43. The first-order valence-corrected chi connectivity index (χ1v) is 6.04. The predicted octanol–water partition coefficient (Wildman–Crippen LogP) is -0.482. The summed E-state index contributed by atoms with van der Waals surface area (Å²) in [5.41, 5.74) is 0. The maximum Gasteiger partial charge on any atom is 0.251 e. The molecule has 0 saturated carbocycles. The monoisotopic (exact) mass is 228 g/mol. The highest BCUT2D eigenvalue weighted by Crippen LogP contribution is 2.10. The second kappa shape index (κ2) is 6.18. The molecule has 0 aliphatic carbocycles. The molecule has 1 amide bonds. The number of amides is 1. The number of hydrogen-bond donors (Lipinski definition) is 2. The van der Waals surface area contributed by atoms with Gasteiger partial charge in [-0.15, -0.1) is 0 Å². The van der Waals surface area contributed by atoms with Crippen molar-refractivity contribution in [2.45, 2.75) is 18.9 Å². The molecule has 2 aliphatic heterocycles. The minimum absolute atomic E-state index is 0.0364. The van der Waals surface area contributed by atoms with Crippen LogP contribution in [0.15, 0.2) is 0 Å². The maximum absolute atomic E-state index is 11.6. The third-order valence-corrected chi connectivity index (χ3v) is 3.12.